The highest BCUT2D eigenvalue weighted by atomic mass is 31.2. The molecule has 556 valence electrons. The van der Waals surface area contributed by atoms with Gasteiger partial charge in [-0.25, -0.2) is 14.2 Å². The van der Waals surface area contributed by atoms with Crippen molar-refractivity contribution in [2.24, 2.45) is 23.0 Å². The number of hydrogen-bond acceptors (Lipinski definition) is 29. The van der Waals surface area contributed by atoms with E-state index in [0.29, 0.717) is 12.8 Å². The summed E-state index contributed by atoms with van der Waals surface area (Å²) in [6.07, 6.45) is -26.3. The third kappa shape index (κ3) is 23.3. The average molecular weight is 1410 g/mol. The minimum atomic E-state index is -5.60. The molecule has 5 fully saturated rings. The van der Waals surface area contributed by atoms with E-state index >= 15 is 0 Å². The molecule has 97 heavy (non-hydrogen) atoms. The second-order valence-corrected chi connectivity index (χ2v) is 28.3. The van der Waals surface area contributed by atoms with Crippen LogP contribution in [0.15, 0.2) is 59.3 Å². The number of carbonyl (C=O) groups excluding carboxylic acids is 4. The van der Waals surface area contributed by atoms with Crippen LogP contribution in [0.4, 0.5) is 4.79 Å². The summed E-state index contributed by atoms with van der Waals surface area (Å²) in [5.74, 6) is -5.18. The molecule has 0 bridgehead atoms. The van der Waals surface area contributed by atoms with Gasteiger partial charge in [-0.15, -0.1) is 0 Å². The molecule has 0 aliphatic carbocycles. The predicted molar refractivity (Wildman–Crippen MR) is 339 cm³/mol. The third-order valence-corrected chi connectivity index (χ3v) is 18.8. The number of methoxy groups -OCH3 is 1. The Labute approximate surface area is 565 Å². The summed E-state index contributed by atoms with van der Waals surface area (Å²) in [4.78, 5) is 62.5. The lowest BCUT2D eigenvalue weighted by atomic mass is 9.83. The Bertz CT molecular complexity index is 2750. The number of esters is 1. The number of aliphatic hydroxyl groups excluding tert-OH is 9. The first-order valence-electron chi connectivity index (χ1n) is 32.5. The molecule has 5 aliphatic rings. The number of allylic oxidation sites excluding steroid dienone is 8. The molecule has 0 aromatic heterocycles. The summed E-state index contributed by atoms with van der Waals surface area (Å²) in [5, 5.41) is 110. The van der Waals surface area contributed by atoms with Crippen LogP contribution in [0.5, 0.6) is 0 Å². The quantitative estimate of drug-likeness (QED) is 0.0248. The van der Waals surface area contributed by atoms with Gasteiger partial charge in [0.1, 0.15) is 72.7 Å². The first kappa shape index (κ1) is 83.7. The zero-order valence-electron chi connectivity index (χ0n) is 57.5. The fourth-order valence-corrected chi connectivity index (χ4v) is 12.5. The highest BCUT2D eigenvalue weighted by Crippen LogP contribution is 2.49. The number of carbonyl (C=O) groups is 4. The second-order valence-electron chi connectivity index (χ2n) is 26.9. The SMILES string of the molecule is C=C(C/C=C(\C)CCC=C(C)C)CCC(C)(C)/C=C/CC/C(C)=C\CO[C@H](COP(=O)(O)O[C@H]1OC(C(C)=O)[C@@](C)(O)[C@H](OC(N)=O)C1O[C@@H]1OC(CO[C@@H]2OC(CO)[C@@H](O)C(O)[C@@H]2O)[C@@H](O[C@@H]2OC(C)[C@@H](O[C@@H]3OC(C(C)=O)[C@H](O)C(O)[C@@H]3O)C(O)[C@@H]2C)C(O)[C@@H]1C)C(=O)OC. The molecule has 27 atom stereocenters. The van der Waals surface area contributed by atoms with Crippen LogP contribution in [0.1, 0.15) is 128 Å². The van der Waals surface area contributed by atoms with Gasteiger partial charge in [-0.2, -0.15) is 0 Å². The maximum Gasteiger partial charge on any atom is 0.474 e. The molecule has 0 spiro atoms. The molecular weight excluding hydrogens is 1310 g/mol. The van der Waals surface area contributed by atoms with Gasteiger partial charge in [-0.1, -0.05) is 86.9 Å². The van der Waals surface area contributed by atoms with Crippen molar-refractivity contribution >= 4 is 31.5 Å². The number of Topliss-reactive ketones (excluding diaryl/α,β-unsaturated/α-hetero) is 2. The zero-order chi connectivity index (χ0) is 72.8. The number of phosphoric acid groups is 1. The Hall–Kier alpha value is -3.91. The maximum absolute atomic E-state index is 14.1. The fraction of sp³-hybridized carbons (Fsp3) is 0.785. The summed E-state index contributed by atoms with van der Waals surface area (Å²) < 4.78 is 94.7. The lowest BCUT2D eigenvalue weighted by Crippen LogP contribution is -2.69. The maximum atomic E-state index is 14.1. The number of ketones is 2. The molecule has 31 nitrogen and oxygen atoms in total. The van der Waals surface area contributed by atoms with Crippen molar-refractivity contribution in [3.8, 4) is 0 Å². The van der Waals surface area contributed by atoms with E-state index in [-0.39, 0.29) is 12.0 Å². The topological polar surface area (TPSA) is 463 Å². The molecule has 5 heterocycles. The van der Waals surface area contributed by atoms with Crippen molar-refractivity contribution < 1.29 is 146 Å². The number of phosphoric ester groups is 1. The Balaban J connectivity index is 1.34. The van der Waals surface area contributed by atoms with Gasteiger partial charge in [-0.05, 0) is 106 Å². The molecule has 5 rings (SSSR count). The van der Waals surface area contributed by atoms with E-state index in [1.165, 1.54) is 37.5 Å². The van der Waals surface area contributed by atoms with Gasteiger partial charge in [0.2, 0.25) is 0 Å². The van der Waals surface area contributed by atoms with Crippen molar-refractivity contribution in [3.05, 3.63) is 59.3 Å². The van der Waals surface area contributed by atoms with Gasteiger partial charge in [0.25, 0.3) is 0 Å². The Morgan fingerprint density at radius 2 is 1.26 bits per heavy atom. The van der Waals surface area contributed by atoms with Gasteiger partial charge in [0, 0.05) is 11.8 Å². The summed E-state index contributed by atoms with van der Waals surface area (Å²) in [6.45, 7) is 21.1. The second kappa shape index (κ2) is 37.3. The molecule has 0 radical (unpaired) electrons. The van der Waals surface area contributed by atoms with Crippen LogP contribution in [0.3, 0.4) is 0 Å². The number of amides is 1. The van der Waals surface area contributed by atoms with Gasteiger partial charge >= 0.3 is 19.9 Å². The molecule has 32 heteroatoms. The first-order chi connectivity index (χ1) is 45.2. The van der Waals surface area contributed by atoms with Crippen LogP contribution in [-0.4, -0.2) is 260 Å². The van der Waals surface area contributed by atoms with Crippen LogP contribution >= 0.6 is 7.82 Å². The highest BCUT2D eigenvalue weighted by Gasteiger charge is 2.61. The van der Waals surface area contributed by atoms with Crippen LogP contribution in [-0.2, 0) is 84.8 Å². The molecule has 0 saturated carbocycles. The van der Waals surface area contributed by atoms with Gasteiger partial charge in [0.15, 0.2) is 67.4 Å². The first-order valence-corrected chi connectivity index (χ1v) is 34.0. The largest absolute Gasteiger partial charge is 0.474 e. The molecule has 0 aromatic rings. The van der Waals surface area contributed by atoms with E-state index in [1.807, 2.05) is 6.92 Å². The smallest absolute Gasteiger partial charge is 0.467 e. The predicted octanol–water partition coefficient (Wildman–Crippen LogP) is 1.77. The number of hydrogen-bond donors (Lipinski definition) is 12. The van der Waals surface area contributed by atoms with E-state index in [1.54, 1.807) is 6.08 Å². The molecule has 11 unspecified atom stereocenters. The Morgan fingerprint density at radius 3 is 1.87 bits per heavy atom. The zero-order valence-corrected chi connectivity index (χ0v) is 58.4. The lowest BCUT2D eigenvalue weighted by Gasteiger charge is -2.51. The van der Waals surface area contributed by atoms with Gasteiger partial charge < -0.3 is 119 Å². The number of ether oxygens (including phenoxy) is 12. The monoisotopic (exact) mass is 1410 g/mol. The molecule has 13 N–H and O–H groups in total. The van der Waals surface area contributed by atoms with Crippen LogP contribution in [0.25, 0.3) is 0 Å². The Kier molecular flexibility index (Phi) is 32.2. The average Bonchev–Trinajstić information content (AvgIpc) is 0.755. The molecule has 5 aliphatic heterocycles. The number of rotatable bonds is 34. The summed E-state index contributed by atoms with van der Waals surface area (Å²) >= 11 is 0. The molecule has 0 aromatic carbocycles. The molecular formula is C65H106NO30P. The van der Waals surface area contributed by atoms with Crippen molar-refractivity contribution in [3.63, 3.8) is 0 Å². The normalized spacial score (nSPS) is 37.9. The summed E-state index contributed by atoms with van der Waals surface area (Å²) in [7, 11) is -4.56. The van der Waals surface area contributed by atoms with Crippen LogP contribution < -0.4 is 5.73 Å². The van der Waals surface area contributed by atoms with Gasteiger partial charge in [0.05, 0.1) is 51.8 Å². The lowest BCUT2D eigenvalue weighted by molar-refractivity contribution is -0.383. The number of aliphatic hydroxyl groups is 10. The van der Waals surface area contributed by atoms with E-state index in [9.17, 15) is 79.7 Å². The third-order valence-electron chi connectivity index (χ3n) is 17.8. The summed E-state index contributed by atoms with van der Waals surface area (Å²) in [6, 6.07) is 0. The van der Waals surface area contributed by atoms with E-state index in [4.69, 9.17) is 71.6 Å². The fourth-order valence-electron chi connectivity index (χ4n) is 11.6. The summed E-state index contributed by atoms with van der Waals surface area (Å²) in [5.41, 5.74) is 7.49. The number of nitrogens with two attached hydrogens (primary N) is 1. The highest BCUT2D eigenvalue weighted by molar-refractivity contribution is 7.47. The minimum Gasteiger partial charge on any atom is -0.467 e. The van der Waals surface area contributed by atoms with E-state index < -0.39 is 210 Å². The van der Waals surface area contributed by atoms with Crippen LogP contribution in [0, 0.1) is 17.3 Å². The minimum absolute atomic E-state index is 0.0914. The standard InChI is InChI=1S/C65H106NO30P/c1-31(2)18-17-20-32(3)21-22-34(5)23-26-64(11,12)25-16-15-19-33(4)24-27-84-42(57(78)83-14)30-86-97(81,82)96-62-54(56(95-63(66)79)65(13,80)55(94-62)38(9)69)93-59-36(7)44(71)53(41(89-59)29-85-60-49(76)46(73)45(72)40(28-67)88-60)92-58-35(6)43(70)52(39(10)87-58)91-61-50(77)47(74)48(75)51(90-61)37(8)68/h16,18,21,24-25,35-36,39-56,58-62,67,70-77,80H,5,15,17,19-20,22-23,26-30H2,1-4,6-14H3,(H2,66,79)(H,81,82)/b25-16+,32-21+,33-24-/t35-,36-,39?,40?,41?,42+,43?,44?,45+,46?,47?,48+,49-,50-,51?,52+,53+,54?,55?,56+,58-,59-,60+,61-,62+,65+/m0/s1. The van der Waals surface area contributed by atoms with Gasteiger partial charge in [-0.3, -0.25) is 18.6 Å². The van der Waals surface area contributed by atoms with Crippen molar-refractivity contribution in [1.29, 1.82) is 0 Å². The number of primary amides is 1. The van der Waals surface area contributed by atoms with Crippen molar-refractivity contribution in [2.75, 3.05) is 33.5 Å². The Morgan fingerprint density at radius 1 is 0.680 bits per heavy atom. The van der Waals surface area contributed by atoms with E-state index in [0.717, 1.165) is 65.6 Å². The molecule has 1 amide bonds. The van der Waals surface area contributed by atoms with E-state index in [2.05, 4.69) is 65.5 Å². The van der Waals surface area contributed by atoms with Crippen LogP contribution in [0.2, 0.25) is 0 Å². The molecule has 5 saturated heterocycles. The van der Waals surface area contributed by atoms with Crippen molar-refractivity contribution in [2.45, 2.75) is 275 Å². The van der Waals surface area contributed by atoms with Crippen molar-refractivity contribution in [1.82, 2.24) is 0 Å².